The number of hydrogen-bond donors (Lipinski definition) is 1. The van der Waals surface area contributed by atoms with Crippen LogP contribution in [0.3, 0.4) is 0 Å². The van der Waals surface area contributed by atoms with Gasteiger partial charge in [-0.05, 0) is 43.2 Å². The van der Waals surface area contributed by atoms with Crippen molar-refractivity contribution in [2.24, 2.45) is 5.92 Å². The second kappa shape index (κ2) is 9.37. The zero-order valence-corrected chi connectivity index (χ0v) is 17.7. The van der Waals surface area contributed by atoms with Gasteiger partial charge in [0, 0.05) is 29.7 Å². The van der Waals surface area contributed by atoms with Crippen LogP contribution in [0.25, 0.3) is 0 Å². The van der Waals surface area contributed by atoms with E-state index < -0.39 is 0 Å². The number of carbonyl (C=O) groups is 2. The second-order valence-corrected chi connectivity index (χ2v) is 7.62. The van der Waals surface area contributed by atoms with Crippen molar-refractivity contribution in [2.45, 2.75) is 12.8 Å². The molecule has 1 atom stereocenters. The predicted octanol–water partition coefficient (Wildman–Crippen LogP) is 4.50. The number of ether oxygens (including phenoxy) is 2. The van der Waals surface area contributed by atoms with E-state index in [1.165, 1.54) is 14.2 Å². The van der Waals surface area contributed by atoms with Crippen LogP contribution in [0.1, 0.15) is 23.2 Å². The number of hydrogen-bond acceptors (Lipinski definition) is 4. The molecule has 0 bridgehead atoms. The van der Waals surface area contributed by atoms with Crippen LogP contribution in [0.2, 0.25) is 10.0 Å². The zero-order chi connectivity index (χ0) is 21.0. The summed E-state index contributed by atoms with van der Waals surface area (Å²) < 4.78 is 10.5. The zero-order valence-electron chi connectivity index (χ0n) is 16.2. The highest BCUT2D eigenvalue weighted by Gasteiger charge is 2.29. The fraction of sp³-hybridized carbons (Fsp3) is 0.333. The Morgan fingerprint density at radius 2 is 1.76 bits per heavy atom. The molecule has 6 nitrogen and oxygen atoms in total. The number of nitrogens with zero attached hydrogens (tertiary/aromatic N) is 1. The number of likely N-dealkylation sites (tertiary alicyclic amines) is 1. The molecule has 154 valence electrons. The lowest BCUT2D eigenvalue weighted by atomic mass is 9.96. The summed E-state index contributed by atoms with van der Waals surface area (Å²) in [5.74, 6) is 0.288. The van der Waals surface area contributed by atoms with Gasteiger partial charge in [-0.1, -0.05) is 23.2 Å². The van der Waals surface area contributed by atoms with E-state index in [1.807, 2.05) is 0 Å². The average Bonchev–Trinajstić information content (AvgIpc) is 2.74. The first kappa shape index (κ1) is 21.3. The summed E-state index contributed by atoms with van der Waals surface area (Å²) in [6, 6.07) is 9.97. The number of benzene rings is 2. The number of piperidine rings is 1. The van der Waals surface area contributed by atoms with Crippen LogP contribution in [-0.4, -0.2) is 44.0 Å². The van der Waals surface area contributed by atoms with Crippen molar-refractivity contribution in [3.05, 3.63) is 52.0 Å². The molecule has 2 aromatic rings. The first-order valence-corrected chi connectivity index (χ1v) is 9.95. The lowest BCUT2D eigenvalue weighted by Crippen LogP contribution is -2.43. The highest BCUT2D eigenvalue weighted by molar-refractivity contribution is 6.32. The Labute approximate surface area is 179 Å². The minimum Gasteiger partial charge on any atom is -0.495 e. The first-order valence-electron chi connectivity index (χ1n) is 9.20. The van der Waals surface area contributed by atoms with Crippen molar-refractivity contribution in [3.8, 4) is 11.5 Å². The van der Waals surface area contributed by atoms with E-state index in [0.29, 0.717) is 52.3 Å². The van der Waals surface area contributed by atoms with Gasteiger partial charge in [-0.3, -0.25) is 9.59 Å². The Kier molecular flexibility index (Phi) is 6.87. The van der Waals surface area contributed by atoms with Gasteiger partial charge in [0.25, 0.3) is 5.91 Å². The van der Waals surface area contributed by atoms with Crippen LogP contribution in [0.5, 0.6) is 11.5 Å². The first-order chi connectivity index (χ1) is 13.9. The summed E-state index contributed by atoms with van der Waals surface area (Å²) >= 11 is 12.1. The van der Waals surface area contributed by atoms with Crippen LogP contribution < -0.4 is 14.8 Å². The van der Waals surface area contributed by atoms with Gasteiger partial charge in [0.1, 0.15) is 11.5 Å². The number of rotatable bonds is 5. The summed E-state index contributed by atoms with van der Waals surface area (Å²) in [5.41, 5.74) is 1.02. The van der Waals surface area contributed by atoms with Crippen LogP contribution in [0.4, 0.5) is 5.69 Å². The third-order valence-electron chi connectivity index (χ3n) is 4.90. The molecule has 1 N–H and O–H groups in total. The van der Waals surface area contributed by atoms with E-state index in [0.717, 1.165) is 6.42 Å². The molecule has 2 aromatic carbocycles. The third-order valence-corrected chi connectivity index (χ3v) is 5.45. The molecule has 1 saturated heterocycles. The molecule has 1 aliphatic rings. The van der Waals surface area contributed by atoms with E-state index in [2.05, 4.69) is 5.32 Å². The van der Waals surface area contributed by atoms with Gasteiger partial charge in [0.05, 0.1) is 30.8 Å². The molecule has 1 unspecified atom stereocenters. The molecule has 1 heterocycles. The molecule has 0 aliphatic carbocycles. The molecule has 1 fully saturated rings. The average molecular weight is 437 g/mol. The van der Waals surface area contributed by atoms with E-state index in [-0.39, 0.29) is 17.7 Å². The van der Waals surface area contributed by atoms with Crippen molar-refractivity contribution in [2.75, 3.05) is 32.6 Å². The number of carbonyl (C=O) groups excluding carboxylic acids is 2. The number of methoxy groups -OCH3 is 2. The normalized spacial score (nSPS) is 16.3. The minimum atomic E-state index is -0.328. The molecule has 0 aromatic heterocycles. The number of anilines is 1. The highest BCUT2D eigenvalue weighted by atomic mass is 35.5. The smallest absolute Gasteiger partial charge is 0.253 e. The maximum atomic E-state index is 12.9. The minimum absolute atomic E-state index is 0.107. The van der Waals surface area contributed by atoms with E-state index in [1.54, 1.807) is 41.3 Å². The van der Waals surface area contributed by atoms with Crippen molar-refractivity contribution in [3.63, 3.8) is 0 Å². The SMILES string of the molecule is COc1cc(OC)c(NC(=O)C2CCCN(C(=O)c3ccc(Cl)cc3)C2)cc1Cl. The standard InChI is InChI=1S/C21H22Cl2N2O4/c1-28-18-11-19(29-2)17(10-16(18)23)24-20(26)14-4-3-9-25(12-14)21(27)13-5-7-15(22)8-6-13/h5-8,10-11,14H,3-4,9,12H2,1-2H3,(H,24,26). The van der Waals surface area contributed by atoms with E-state index in [4.69, 9.17) is 32.7 Å². The highest BCUT2D eigenvalue weighted by Crippen LogP contribution is 2.36. The lowest BCUT2D eigenvalue weighted by molar-refractivity contribution is -0.121. The van der Waals surface area contributed by atoms with Crippen LogP contribution in [-0.2, 0) is 4.79 Å². The van der Waals surface area contributed by atoms with Crippen molar-refractivity contribution >= 4 is 40.7 Å². The number of amides is 2. The maximum Gasteiger partial charge on any atom is 0.253 e. The monoisotopic (exact) mass is 436 g/mol. The Bertz CT molecular complexity index is 902. The van der Waals surface area contributed by atoms with Crippen LogP contribution >= 0.6 is 23.2 Å². The van der Waals surface area contributed by atoms with Gasteiger partial charge < -0.3 is 19.7 Å². The van der Waals surface area contributed by atoms with Gasteiger partial charge in [-0.15, -0.1) is 0 Å². The van der Waals surface area contributed by atoms with Gasteiger partial charge in [0.15, 0.2) is 0 Å². The quantitative estimate of drug-likeness (QED) is 0.748. The molecule has 8 heteroatoms. The van der Waals surface area contributed by atoms with Crippen molar-refractivity contribution in [1.29, 1.82) is 0 Å². The van der Waals surface area contributed by atoms with Gasteiger partial charge in [0.2, 0.25) is 5.91 Å². The van der Waals surface area contributed by atoms with Gasteiger partial charge >= 0.3 is 0 Å². The lowest BCUT2D eigenvalue weighted by Gasteiger charge is -2.32. The fourth-order valence-corrected chi connectivity index (χ4v) is 3.71. The molecular weight excluding hydrogens is 415 g/mol. The Balaban J connectivity index is 1.71. The van der Waals surface area contributed by atoms with Gasteiger partial charge in [-0.25, -0.2) is 0 Å². The Morgan fingerprint density at radius 1 is 1.07 bits per heavy atom. The summed E-state index contributed by atoms with van der Waals surface area (Å²) in [6.45, 7) is 0.961. The molecule has 0 radical (unpaired) electrons. The van der Waals surface area contributed by atoms with Crippen molar-refractivity contribution in [1.82, 2.24) is 4.90 Å². The van der Waals surface area contributed by atoms with Crippen LogP contribution in [0.15, 0.2) is 36.4 Å². The largest absolute Gasteiger partial charge is 0.495 e. The van der Waals surface area contributed by atoms with Crippen LogP contribution in [0, 0.1) is 5.92 Å². The molecule has 29 heavy (non-hydrogen) atoms. The van der Waals surface area contributed by atoms with Gasteiger partial charge in [-0.2, -0.15) is 0 Å². The van der Waals surface area contributed by atoms with Crippen molar-refractivity contribution < 1.29 is 19.1 Å². The summed E-state index contributed by atoms with van der Waals surface area (Å²) in [6.07, 6.45) is 1.44. The Morgan fingerprint density at radius 3 is 2.41 bits per heavy atom. The molecule has 2 amide bonds. The molecule has 1 aliphatic heterocycles. The predicted molar refractivity (Wildman–Crippen MR) is 113 cm³/mol. The number of halogens is 2. The Hall–Kier alpha value is -2.44. The molecule has 0 spiro atoms. The van der Waals surface area contributed by atoms with E-state index in [9.17, 15) is 9.59 Å². The topological polar surface area (TPSA) is 67.9 Å². The fourth-order valence-electron chi connectivity index (χ4n) is 3.34. The van der Waals surface area contributed by atoms with E-state index >= 15 is 0 Å². The molecular formula is C21H22Cl2N2O4. The molecule has 3 rings (SSSR count). The number of nitrogens with one attached hydrogen (secondary N) is 1. The summed E-state index contributed by atoms with van der Waals surface area (Å²) in [7, 11) is 3.01. The maximum absolute atomic E-state index is 12.9. The summed E-state index contributed by atoms with van der Waals surface area (Å²) in [4.78, 5) is 27.3. The molecule has 0 saturated carbocycles. The summed E-state index contributed by atoms with van der Waals surface area (Å²) in [5, 5.41) is 3.81. The third kappa shape index (κ3) is 4.95. The second-order valence-electron chi connectivity index (χ2n) is 6.77.